The van der Waals surface area contributed by atoms with Gasteiger partial charge in [0.1, 0.15) is 54.4 Å². The molecule has 8 amide bonds. The van der Waals surface area contributed by atoms with Crippen molar-refractivity contribution in [2.75, 3.05) is 32.8 Å². The Morgan fingerprint density at radius 2 is 1.22 bits per heavy atom. The van der Waals surface area contributed by atoms with E-state index in [4.69, 9.17) is 28.7 Å². The maximum atomic E-state index is 13.9. The zero-order valence-corrected chi connectivity index (χ0v) is 39.6. The molecule has 1 fully saturated rings. The van der Waals surface area contributed by atoms with Crippen LogP contribution in [0.5, 0.6) is 0 Å². The molecule has 1 aromatic heterocycles. The molecule has 0 aliphatic carbocycles. The number of rotatable bonds is 31. The lowest BCUT2D eigenvalue weighted by Gasteiger charge is -2.31. The lowest BCUT2D eigenvalue weighted by Crippen LogP contribution is -2.62. The number of nitrogens with zero attached hydrogens (tertiary/aromatic N) is 4. The SMILES string of the molecule is C[C@H](NC(=O)[C@@H]1CCCN1C(=O)[C@@H](NC(=O)[C@H](CCCN=C(N)N)NC(=O)[C@H](CO)NC(=O)[C@H](Cc1cnc[nH]1)NC(=O)[C@H](CC(=O)O)NC(=O)[C@H](CCCN=C(N)N)NC(=O)[C@@H](N)CO)[C@@H](C)O)C(=O)O. The van der Waals surface area contributed by atoms with Gasteiger partial charge in [0.2, 0.25) is 47.3 Å². The molecule has 0 bridgehead atoms. The average molecular weight is 1030 g/mol. The summed E-state index contributed by atoms with van der Waals surface area (Å²) in [4.78, 5) is 147. The van der Waals surface area contributed by atoms with Crippen molar-refractivity contribution in [3.63, 3.8) is 0 Å². The molecule has 0 radical (unpaired) electrons. The van der Waals surface area contributed by atoms with Crippen LogP contribution in [0.3, 0.4) is 0 Å². The number of nitrogens with two attached hydrogens (primary N) is 5. The topological polar surface area (TPSA) is 543 Å². The Bertz CT molecular complexity index is 2100. The maximum Gasteiger partial charge on any atom is 0.325 e. The molecule has 1 aliphatic heterocycles. The summed E-state index contributed by atoms with van der Waals surface area (Å²) in [5, 5.41) is 65.4. The minimum atomic E-state index is -1.92. The van der Waals surface area contributed by atoms with Crippen LogP contribution in [0, 0.1) is 0 Å². The predicted octanol–water partition coefficient (Wildman–Crippen LogP) is -9.28. The lowest BCUT2D eigenvalue weighted by molar-refractivity contribution is -0.146. The molecule has 0 aromatic carbocycles. The second-order valence-electron chi connectivity index (χ2n) is 16.5. The normalized spacial score (nSPS) is 16.8. The average Bonchev–Trinajstić information content (AvgIpc) is 4.03. The van der Waals surface area contributed by atoms with Gasteiger partial charge in [-0.1, -0.05) is 0 Å². The Kier molecular flexibility index (Phi) is 25.3. The molecule has 0 spiro atoms. The number of carbonyl (C=O) groups is 10. The van der Waals surface area contributed by atoms with Crippen molar-refractivity contribution in [1.29, 1.82) is 0 Å². The Balaban J connectivity index is 2.39. The second kappa shape index (κ2) is 30.1. The van der Waals surface area contributed by atoms with Crippen LogP contribution in [0.25, 0.3) is 0 Å². The van der Waals surface area contributed by atoms with Gasteiger partial charge in [0.25, 0.3) is 0 Å². The van der Waals surface area contributed by atoms with Crippen LogP contribution in [0.15, 0.2) is 22.5 Å². The molecule has 402 valence electrons. The van der Waals surface area contributed by atoms with Crippen LogP contribution in [0.1, 0.15) is 64.5 Å². The predicted molar refractivity (Wildman–Crippen MR) is 250 cm³/mol. The standard InChI is InChI=1S/C40H67N17O15/c1-18(38(71)72)50-36(69)27-8-5-11-57(27)37(70)29(19(2)60)56-32(65)23(7-4-10-48-40(44)45)52-35(68)26(16-59)55-33(66)24(12-20-14-46-17-49-20)53-34(67)25(13-28(61)62)54-31(64)22(6-3-9-47-39(42)43)51-30(63)21(41)15-58/h14,17-19,21-27,29,58-60H,3-13,15-16,41H2,1-2H3,(H,46,49)(H,50,69)(H,51,63)(H,52,68)(H,53,67)(H,54,64)(H,55,66)(H,56,65)(H,61,62)(H,71,72)(H4,42,43,47)(H4,44,45,48)/t18-,19+,21-,22-,23-,24-,25-,26-,27-,29-/m0/s1. The third kappa shape index (κ3) is 20.3. The zero-order valence-electron chi connectivity index (χ0n) is 39.6. The fourth-order valence-corrected chi connectivity index (χ4v) is 6.89. The van der Waals surface area contributed by atoms with Crippen LogP contribution in [0.4, 0.5) is 0 Å². The van der Waals surface area contributed by atoms with Crippen molar-refractivity contribution in [2.24, 2.45) is 38.7 Å². The van der Waals surface area contributed by atoms with Crippen molar-refractivity contribution in [3.8, 4) is 0 Å². The summed E-state index contributed by atoms with van der Waals surface area (Å²) >= 11 is 0. The number of aliphatic hydroxyl groups excluding tert-OH is 3. The molecule has 1 saturated heterocycles. The second-order valence-corrected chi connectivity index (χ2v) is 16.5. The number of hydrogen-bond acceptors (Lipinski definition) is 17. The van der Waals surface area contributed by atoms with E-state index in [1.54, 1.807) is 0 Å². The number of aromatic nitrogens is 2. The van der Waals surface area contributed by atoms with E-state index < -0.39 is 146 Å². The highest BCUT2D eigenvalue weighted by Gasteiger charge is 2.41. The van der Waals surface area contributed by atoms with Crippen LogP contribution >= 0.6 is 0 Å². The fourth-order valence-electron chi connectivity index (χ4n) is 6.89. The number of likely N-dealkylation sites (tertiary alicyclic amines) is 1. The van der Waals surface area contributed by atoms with Crippen molar-refractivity contribution < 1.29 is 73.5 Å². The largest absolute Gasteiger partial charge is 0.481 e. The first-order valence-corrected chi connectivity index (χ1v) is 22.5. The van der Waals surface area contributed by atoms with E-state index in [2.05, 4.69) is 57.2 Å². The van der Waals surface area contributed by atoms with Gasteiger partial charge in [-0.3, -0.25) is 57.9 Å². The molecule has 0 unspecified atom stereocenters. The first kappa shape index (κ1) is 60.4. The zero-order chi connectivity index (χ0) is 54.2. The van der Waals surface area contributed by atoms with E-state index >= 15 is 0 Å². The summed E-state index contributed by atoms with van der Waals surface area (Å²) in [6, 6.07) is -14.2. The van der Waals surface area contributed by atoms with Gasteiger partial charge in [-0.2, -0.15) is 0 Å². The van der Waals surface area contributed by atoms with Crippen molar-refractivity contribution in [3.05, 3.63) is 18.2 Å². The summed E-state index contributed by atoms with van der Waals surface area (Å²) < 4.78 is 0. The van der Waals surface area contributed by atoms with Gasteiger partial charge in [0, 0.05) is 37.9 Å². The number of carboxylic acids is 2. The number of guanidine groups is 2. The molecule has 1 aliphatic rings. The van der Waals surface area contributed by atoms with E-state index in [9.17, 15) is 73.5 Å². The smallest absolute Gasteiger partial charge is 0.325 e. The van der Waals surface area contributed by atoms with Crippen LogP contribution in [0.2, 0.25) is 0 Å². The molecular formula is C40H67N17O15. The number of hydrogen-bond donors (Lipinski definition) is 18. The molecule has 23 N–H and O–H groups in total. The first-order chi connectivity index (χ1) is 33.9. The molecule has 32 heteroatoms. The van der Waals surface area contributed by atoms with Crippen molar-refractivity contribution in [2.45, 2.75) is 126 Å². The number of carboxylic acid groups (broad SMARTS) is 2. The summed E-state index contributed by atoms with van der Waals surface area (Å²) in [5.74, 6) is -11.9. The van der Waals surface area contributed by atoms with Gasteiger partial charge >= 0.3 is 11.9 Å². The number of aliphatic imine (C=N–C) groups is 2. The van der Waals surface area contributed by atoms with E-state index in [0.29, 0.717) is 6.42 Å². The number of imidazole rings is 1. The highest BCUT2D eigenvalue weighted by molar-refractivity contribution is 5.99. The van der Waals surface area contributed by atoms with Gasteiger partial charge in [-0.15, -0.1) is 0 Å². The summed E-state index contributed by atoms with van der Waals surface area (Å²) in [5.41, 5.74) is 27.3. The van der Waals surface area contributed by atoms with Gasteiger partial charge < -0.3 is 101 Å². The van der Waals surface area contributed by atoms with Gasteiger partial charge in [0.15, 0.2) is 11.9 Å². The Hall–Kier alpha value is -7.71. The fraction of sp³-hybridized carbons (Fsp3) is 0.625. The Morgan fingerprint density at radius 3 is 1.72 bits per heavy atom. The van der Waals surface area contributed by atoms with E-state index in [-0.39, 0.29) is 69.4 Å². The third-order valence-electron chi connectivity index (χ3n) is 10.7. The molecule has 32 nitrogen and oxygen atoms in total. The third-order valence-corrected chi connectivity index (χ3v) is 10.7. The number of aliphatic hydroxyl groups is 3. The molecular weight excluding hydrogens is 959 g/mol. The monoisotopic (exact) mass is 1030 g/mol. The van der Waals surface area contributed by atoms with Gasteiger partial charge in [0.05, 0.1) is 32.1 Å². The quantitative estimate of drug-likeness (QED) is 0.0187. The first-order valence-electron chi connectivity index (χ1n) is 22.5. The number of amides is 8. The van der Waals surface area contributed by atoms with Crippen LogP contribution in [-0.2, 0) is 54.4 Å². The highest BCUT2D eigenvalue weighted by atomic mass is 16.4. The number of carbonyl (C=O) groups excluding carboxylic acids is 8. The van der Waals surface area contributed by atoms with E-state index in [0.717, 1.165) is 4.90 Å². The number of aliphatic carboxylic acids is 2. The molecule has 72 heavy (non-hydrogen) atoms. The lowest BCUT2D eigenvalue weighted by atomic mass is 10.1. The van der Waals surface area contributed by atoms with E-state index in [1.165, 1.54) is 26.4 Å². The minimum absolute atomic E-state index is 0.00922. The Morgan fingerprint density at radius 1 is 0.722 bits per heavy atom. The van der Waals surface area contributed by atoms with Gasteiger partial charge in [-0.25, -0.2) is 4.98 Å². The van der Waals surface area contributed by atoms with Crippen molar-refractivity contribution >= 4 is 71.1 Å². The molecule has 10 atom stereocenters. The van der Waals surface area contributed by atoms with Crippen LogP contribution < -0.4 is 65.9 Å². The summed E-state index contributed by atoms with van der Waals surface area (Å²) in [6.07, 6.45) is -0.411. The number of aromatic amines is 1. The van der Waals surface area contributed by atoms with E-state index in [1.807, 2.05) is 0 Å². The molecule has 1 aromatic rings. The summed E-state index contributed by atoms with van der Waals surface area (Å²) in [6.45, 7) is 0.408. The van der Waals surface area contributed by atoms with Crippen molar-refractivity contribution in [1.82, 2.24) is 52.1 Å². The number of H-pyrrole nitrogens is 1. The minimum Gasteiger partial charge on any atom is -0.481 e. The summed E-state index contributed by atoms with van der Waals surface area (Å²) in [7, 11) is 0. The molecule has 0 saturated carbocycles. The molecule has 2 heterocycles. The maximum absolute atomic E-state index is 13.9. The van der Waals surface area contributed by atoms with Gasteiger partial charge in [-0.05, 0) is 52.4 Å². The highest BCUT2D eigenvalue weighted by Crippen LogP contribution is 2.20. The Labute approximate surface area is 411 Å². The molecule has 2 rings (SSSR count). The number of nitrogens with one attached hydrogen (secondary N) is 8. The van der Waals surface area contributed by atoms with Crippen LogP contribution in [-0.4, -0.2) is 205 Å².